The molecule has 3 rings (SSSR count). The van der Waals surface area contributed by atoms with Crippen LogP contribution in [0.3, 0.4) is 0 Å². The zero-order valence-corrected chi connectivity index (χ0v) is 13.7. The fraction of sp³-hybridized carbons (Fsp3) is 0.368. The number of hydrogen-bond acceptors (Lipinski definition) is 1. The molecule has 1 fully saturated rings. The SMILES string of the molecule is Cc1cc(-c2ccc(CNC3CC3)cc2C)c(C)cc1Cl. The van der Waals surface area contributed by atoms with Crippen LogP contribution in [0.5, 0.6) is 0 Å². The Balaban J connectivity index is 1.89. The van der Waals surface area contributed by atoms with Crippen LogP contribution in [0.4, 0.5) is 0 Å². The predicted molar refractivity (Wildman–Crippen MR) is 91.0 cm³/mol. The molecule has 0 aliphatic heterocycles. The number of rotatable bonds is 4. The van der Waals surface area contributed by atoms with Crippen LogP contribution in [0.2, 0.25) is 5.02 Å². The minimum absolute atomic E-state index is 0.756. The van der Waals surface area contributed by atoms with Crippen LogP contribution < -0.4 is 5.32 Å². The quantitative estimate of drug-likeness (QED) is 0.820. The molecule has 1 N–H and O–H groups in total. The highest BCUT2D eigenvalue weighted by molar-refractivity contribution is 6.31. The van der Waals surface area contributed by atoms with Gasteiger partial charge in [0.2, 0.25) is 0 Å². The van der Waals surface area contributed by atoms with E-state index in [9.17, 15) is 0 Å². The van der Waals surface area contributed by atoms with Crippen molar-refractivity contribution < 1.29 is 0 Å². The number of halogens is 1. The summed E-state index contributed by atoms with van der Waals surface area (Å²) in [7, 11) is 0. The maximum Gasteiger partial charge on any atom is 0.0438 e. The molecular formula is C19H22ClN. The van der Waals surface area contributed by atoms with Crippen molar-refractivity contribution in [3.8, 4) is 11.1 Å². The van der Waals surface area contributed by atoms with Crippen molar-refractivity contribution >= 4 is 11.6 Å². The van der Waals surface area contributed by atoms with Gasteiger partial charge in [-0.1, -0.05) is 29.8 Å². The van der Waals surface area contributed by atoms with Crippen molar-refractivity contribution in [3.63, 3.8) is 0 Å². The molecule has 0 radical (unpaired) electrons. The van der Waals surface area contributed by atoms with Gasteiger partial charge in [-0.15, -0.1) is 0 Å². The first-order valence-electron chi connectivity index (χ1n) is 7.64. The molecule has 1 aliphatic rings. The van der Waals surface area contributed by atoms with E-state index in [1.54, 1.807) is 0 Å². The van der Waals surface area contributed by atoms with Crippen molar-refractivity contribution in [2.24, 2.45) is 0 Å². The van der Waals surface area contributed by atoms with Gasteiger partial charge in [-0.05, 0) is 79.1 Å². The molecule has 0 saturated heterocycles. The van der Waals surface area contributed by atoms with Gasteiger partial charge in [0, 0.05) is 17.6 Å². The van der Waals surface area contributed by atoms with E-state index < -0.39 is 0 Å². The molecule has 2 aromatic carbocycles. The maximum absolute atomic E-state index is 6.21. The second kappa shape index (κ2) is 5.82. The number of benzene rings is 2. The van der Waals surface area contributed by atoms with E-state index in [0.717, 1.165) is 23.2 Å². The van der Waals surface area contributed by atoms with Gasteiger partial charge < -0.3 is 5.32 Å². The molecule has 110 valence electrons. The fourth-order valence-corrected chi connectivity index (χ4v) is 2.98. The highest BCUT2D eigenvalue weighted by Gasteiger charge is 2.20. The first-order chi connectivity index (χ1) is 10.0. The Bertz CT molecular complexity index is 672. The van der Waals surface area contributed by atoms with Gasteiger partial charge in [0.1, 0.15) is 0 Å². The summed E-state index contributed by atoms with van der Waals surface area (Å²) in [6, 6.07) is 11.8. The van der Waals surface area contributed by atoms with E-state index in [1.165, 1.54) is 40.7 Å². The lowest BCUT2D eigenvalue weighted by molar-refractivity contribution is 0.687. The Labute approximate surface area is 132 Å². The van der Waals surface area contributed by atoms with Crippen molar-refractivity contribution in [2.75, 3.05) is 0 Å². The van der Waals surface area contributed by atoms with Gasteiger partial charge in [-0.25, -0.2) is 0 Å². The molecule has 0 atom stereocenters. The monoisotopic (exact) mass is 299 g/mol. The normalized spacial score (nSPS) is 14.5. The summed E-state index contributed by atoms with van der Waals surface area (Å²) in [5, 5.41) is 4.42. The van der Waals surface area contributed by atoms with Gasteiger partial charge in [-0.3, -0.25) is 0 Å². The Hall–Kier alpha value is -1.31. The minimum Gasteiger partial charge on any atom is -0.310 e. The first kappa shape index (κ1) is 14.6. The molecule has 0 unspecified atom stereocenters. The van der Waals surface area contributed by atoms with Crippen LogP contribution in [0.25, 0.3) is 11.1 Å². The summed E-state index contributed by atoms with van der Waals surface area (Å²) in [5.74, 6) is 0. The van der Waals surface area contributed by atoms with Gasteiger partial charge in [0.25, 0.3) is 0 Å². The van der Waals surface area contributed by atoms with Gasteiger partial charge in [0.15, 0.2) is 0 Å². The van der Waals surface area contributed by atoms with Crippen molar-refractivity contribution in [1.82, 2.24) is 5.32 Å². The zero-order chi connectivity index (χ0) is 15.0. The summed E-state index contributed by atoms with van der Waals surface area (Å²) >= 11 is 6.21. The van der Waals surface area contributed by atoms with E-state index in [1.807, 2.05) is 0 Å². The fourth-order valence-electron chi connectivity index (χ4n) is 2.76. The summed E-state index contributed by atoms with van der Waals surface area (Å²) < 4.78 is 0. The number of nitrogens with one attached hydrogen (secondary N) is 1. The van der Waals surface area contributed by atoms with E-state index in [2.05, 4.69) is 56.4 Å². The molecule has 0 amide bonds. The second-order valence-electron chi connectivity index (χ2n) is 6.22. The third kappa shape index (κ3) is 3.30. The van der Waals surface area contributed by atoms with Crippen molar-refractivity contribution in [1.29, 1.82) is 0 Å². The van der Waals surface area contributed by atoms with Crippen LogP contribution in [0.1, 0.15) is 35.1 Å². The van der Waals surface area contributed by atoms with Crippen LogP contribution in [0, 0.1) is 20.8 Å². The smallest absolute Gasteiger partial charge is 0.0438 e. The lowest BCUT2D eigenvalue weighted by Gasteiger charge is -2.13. The van der Waals surface area contributed by atoms with E-state index in [4.69, 9.17) is 11.6 Å². The average molecular weight is 300 g/mol. The van der Waals surface area contributed by atoms with Crippen molar-refractivity contribution in [3.05, 3.63) is 57.6 Å². The van der Waals surface area contributed by atoms with Gasteiger partial charge in [-0.2, -0.15) is 0 Å². The van der Waals surface area contributed by atoms with E-state index in [-0.39, 0.29) is 0 Å². The Morgan fingerprint density at radius 2 is 1.67 bits per heavy atom. The maximum atomic E-state index is 6.21. The summed E-state index contributed by atoms with van der Waals surface area (Å²) in [6.45, 7) is 7.36. The molecule has 1 nitrogen and oxygen atoms in total. The van der Waals surface area contributed by atoms with Crippen LogP contribution in [-0.2, 0) is 6.54 Å². The third-order valence-corrected chi connectivity index (χ3v) is 4.67. The largest absolute Gasteiger partial charge is 0.310 e. The number of aryl methyl sites for hydroxylation is 3. The zero-order valence-electron chi connectivity index (χ0n) is 13.0. The van der Waals surface area contributed by atoms with E-state index in [0.29, 0.717) is 0 Å². The molecule has 0 bridgehead atoms. The van der Waals surface area contributed by atoms with Crippen LogP contribution >= 0.6 is 11.6 Å². The summed E-state index contributed by atoms with van der Waals surface area (Å²) in [5.41, 5.74) is 7.66. The topological polar surface area (TPSA) is 12.0 Å². The molecule has 0 spiro atoms. The Morgan fingerprint density at radius 3 is 2.33 bits per heavy atom. The molecule has 2 aromatic rings. The van der Waals surface area contributed by atoms with Gasteiger partial charge in [0.05, 0.1) is 0 Å². The average Bonchev–Trinajstić information content (AvgIpc) is 3.25. The van der Waals surface area contributed by atoms with Gasteiger partial charge >= 0.3 is 0 Å². The molecule has 0 heterocycles. The third-order valence-electron chi connectivity index (χ3n) is 4.26. The molecular weight excluding hydrogens is 278 g/mol. The highest BCUT2D eigenvalue weighted by Crippen LogP contribution is 2.31. The molecule has 0 aromatic heterocycles. The summed E-state index contributed by atoms with van der Waals surface area (Å²) in [6.07, 6.45) is 2.67. The summed E-state index contributed by atoms with van der Waals surface area (Å²) in [4.78, 5) is 0. The lowest BCUT2D eigenvalue weighted by Crippen LogP contribution is -2.15. The Morgan fingerprint density at radius 1 is 0.952 bits per heavy atom. The number of hydrogen-bond donors (Lipinski definition) is 1. The first-order valence-corrected chi connectivity index (χ1v) is 8.02. The standard InChI is InChI=1S/C19H22ClN/c1-12-8-15(11-21-16-5-6-16)4-7-17(12)18-9-14(3)19(20)10-13(18)2/h4,7-10,16,21H,5-6,11H2,1-3H3. The van der Waals surface area contributed by atoms with Crippen molar-refractivity contribution in [2.45, 2.75) is 46.2 Å². The highest BCUT2D eigenvalue weighted by atomic mass is 35.5. The second-order valence-corrected chi connectivity index (χ2v) is 6.63. The van der Waals surface area contributed by atoms with E-state index >= 15 is 0 Å². The van der Waals surface area contributed by atoms with Crippen LogP contribution in [0.15, 0.2) is 30.3 Å². The molecule has 1 saturated carbocycles. The molecule has 1 aliphatic carbocycles. The molecule has 2 heteroatoms. The molecule has 21 heavy (non-hydrogen) atoms. The predicted octanol–water partition coefficient (Wildman–Crippen LogP) is 5.18. The van der Waals surface area contributed by atoms with Crippen LogP contribution in [-0.4, -0.2) is 6.04 Å². The Kier molecular flexibility index (Phi) is 4.05. The minimum atomic E-state index is 0.756. The lowest BCUT2D eigenvalue weighted by atomic mass is 9.94.